The normalized spacial score (nSPS) is 10.7. The second-order valence-corrected chi connectivity index (χ2v) is 5.22. The van der Waals surface area contributed by atoms with E-state index in [4.69, 9.17) is 21.1 Å². The van der Waals surface area contributed by atoms with Gasteiger partial charge in [-0.3, -0.25) is 0 Å². The number of benzene rings is 1. The third-order valence-electron chi connectivity index (χ3n) is 1.82. The van der Waals surface area contributed by atoms with Gasteiger partial charge in [0.25, 0.3) is 0 Å². The van der Waals surface area contributed by atoms with Gasteiger partial charge in [0.2, 0.25) is 0 Å². The van der Waals surface area contributed by atoms with Crippen LogP contribution in [0.15, 0.2) is 24.3 Å². The van der Waals surface area contributed by atoms with Crippen molar-refractivity contribution in [2.24, 2.45) is 0 Å². The summed E-state index contributed by atoms with van der Waals surface area (Å²) in [5.41, 5.74) is -0.607. The van der Waals surface area contributed by atoms with E-state index in [1.165, 1.54) is 0 Å². The van der Waals surface area contributed by atoms with Gasteiger partial charge in [0.05, 0.1) is 0 Å². The number of carbonyl (C=O) groups is 2. The Bertz CT molecular complexity index is 451. The Kier molecular flexibility index (Phi) is 5.18. The maximum Gasteiger partial charge on any atom is 0.408 e. The molecule has 0 bridgehead atoms. The molecule has 0 radical (unpaired) electrons. The summed E-state index contributed by atoms with van der Waals surface area (Å²) < 4.78 is 9.96. The number of esters is 1. The number of rotatable bonds is 3. The Hall–Kier alpha value is -1.75. The molecule has 0 atom stereocenters. The lowest BCUT2D eigenvalue weighted by Gasteiger charge is -2.19. The van der Waals surface area contributed by atoms with Crippen LogP contribution in [0.2, 0.25) is 5.02 Å². The van der Waals surface area contributed by atoms with Gasteiger partial charge in [-0.1, -0.05) is 11.6 Å². The summed E-state index contributed by atoms with van der Waals surface area (Å²) in [7, 11) is 0. The van der Waals surface area contributed by atoms with Crippen LogP contribution >= 0.6 is 11.6 Å². The van der Waals surface area contributed by atoms with Crippen LogP contribution < -0.4 is 10.1 Å². The third-order valence-corrected chi connectivity index (χ3v) is 2.07. The molecule has 1 aromatic carbocycles. The predicted octanol–water partition coefficient (Wildman–Crippen LogP) is 2.77. The van der Waals surface area contributed by atoms with Crippen LogP contribution in [0.3, 0.4) is 0 Å². The molecule has 0 aliphatic heterocycles. The summed E-state index contributed by atoms with van der Waals surface area (Å²) in [4.78, 5) is 22.7. The lowest BCUT2D eigenvalue weighted by Crippen LogP contribution is -2.36. The maximum atomic E-state index is 11.4. The minimum Gasteiger partial charge on any atom is -0.444 e. The first-order valence-electron chi connectivity index (χ1n) is 5.69. The number of nitrogens with one attached hydrogen (secondary N) is 1. The zero-order valence-electron chi connectivity index (χ0n) is 11.0. The molecule has 0 aliphatic carbocycles. The second kappa shape index (κ2) is 6.43. The Morgan fingerprint density at radius 1 is 1.21 bits per heavy atom. The maximum absolute atomic E-state index is 11.4. The van der Waals surface area contributed by atoms with Crippen LogP contribution in [-0.4, -0.2) is 24.2 Å². The number of hydrogen-bond donors (Lipinski definition) is 1. The van der Waals surface area contributed by atoms with E-state index in [9.17, 15) is 9.59 Å². The van der Waals surface area contributed by atoms with Crippen molar-refractivity contribution in [1.29, 1.82) is 0 Å². The van der Waals surface area contributed by atoms with Crippen molar-refractivity contribution >= 4 is 23.7 Å². The van der Waals surface area contributed by atoms with Crippen molar-refractivity contribution in [3.05, 3.63) is 29.3 Å². The minimum absolute atomic E-state index is 0.266. The molecular formula is C13H16ClNO4. The lowest BCUT2D eigenvalue weighted by atomic mass is 10.2. The number of ether oxygens (including phenoxy) is 2. The van der Waals surface area contributed by atoms with E-state index in [2.05, 4.69) is 5.32 Å². The molecule has 0 spiro atoms. The topological polar surface area (TPSA) is 64.6 Å². The lowest BCUT2D eigenvalue weighted by molar-refractivity contribution is -0.133. The molecule has 0 unspecified atom stereocenters. The molecule has 1 rings (SSSR count). The number of halogens is 1. The molecule has 0 aliphatic rings. The Balaban J connectivity index is 2.36. The van der Waals surface area contributed by atoms with Crippen LogP contribution in [0.4, 0.5) is 4.79 Å². The molecule has 19 heavy (non-hydrogen) atoms. The smallest absolute Gasteiger partial charge is 0.408 e. The van der Waals surface area contributed by atoms with E-state index >= 15 is 0 Å². The molecule has 104 valence electrons. The first kappa shape index (κ1) is 15.3. The van der Waals surface area contributed by atoms with Gasteiger partial charge in [-0.05, 0) is 45.0 Å². The van der Waals surface area contributed by atoms with Gasteiger partial charge in [-0.15, -0.1) is 0 Å². The van der Waals surface area contributed by atoms with E-state index in [0.717, 1.165) is 0 Å². The Morgan fingerprint density at radius 2 is 1.79 bits per heavy atom. The van der Waals surface area contributed by atoms with Crippen molar-refractivity contribution in [2.75, 3.05) is 6.54 Å². The average Bonchev–Trinajstić information content (AvgIpc) is 2.27. The summed E-state index contributed by atoms with van der Waals surface area (Å²) in [6, 6.07) is 6.33. The van der Waals surface area contributed by atoms with Crippen molar-refractivity contribution in [3.8, 4) is 5.75 Å². The summed E-state index contributed by atoms with van der Waals surface area (Å²) in [6.45, 7) is 4.94. The molecular weight excluding hydrogens is 270 g/mol. The molecule has 1 N–H and O–H groups in total. The molecule has 0 saturated carbocycles. The highest BCUT2D eigenvalue weighted by molar-refractivity contribution is 6.30. The fourth-order valence-corrected chi connectivity index (χ4v) is 1.25. The number of carbonyl (C=O) groups excluding carboxylic acids is 2. The van der Waals surface area contributed by atoms with Crippen LogP contribution in [0.25, 0.3) is 0 Å². The molecule has 6 heteroatoms. The summed E-state index contributed by atoms with van der Waals surface area (Å²) in [5, 5.41) is 2.86. The van der Waals surface area contributed by atoms with Gasteiger partial charge in [0, 0.05) is 5.02 Å². The fraction of sp³-hybridized carbons (Fsp3) is 0.385. The molecule has 1 aromatic rings. The zero-order chi connectivity index (χ0) is 14.5. The number of amides is 1. The molecule has 0 fully saturated rings. The fourth-order valence-electron chi connectivity index (χ4n) is 1.13. The first-order valence-corrected chi connectivity index (χ1v) is 6.07. The highest BCUT2D eigenvalue weighted by Crippen LogP contribution is 2.15. The molecule has 0 aromatic heterocycles. The van der Waals surface area contributed by atoms with Gasteiger partial charge in [-0.2, -0.15) is 0 Å². The molecule has 0 heterocycles. The Labute approximate surface area is 116 Å². The third kappa shape index (κ3) is 6.67. The van der Waals surface area contributed by atoms with Crippen molar-refractivity contribution in [1.82, 2.24) is 5.32 Å². The largest absolute Gasteiger partial charge is 0.444 e. The van der Waals surface area contributed by atoms with E-state index in [1.807, 2.05) is 0 Å². The van der Waals surface area contributed by atoms with E-state index in [1.54, 1.807) is 45.0 Å². The van der Waals surface area contributed by atoms with Crippen molar-refractivity contribution in [2.45, 2.75) is 26.4 Å². The predicted molar refractivity (Wildman–Crippen MR) is 71.3 cm³/mol. The van der Waals surface area contributed by atoms with Gasteiger partial charge >= 0.3 is 12.1 Å². The summed E-state index contributed by atoms with van der Waals surface area (Å²) in [5.74, 6) is -0.228. The van der Waals surface area contributed by atoms with Crippen LogP contribution in [0.5, 0.6) is 5.75 Å². The molecule has 1 amide bonds. The minimum atomic E-state index is -0.666. The van der Waals surface area contributed by atoms with E-state index in [-0.39, 0.29) is 6.54 Å². The van der Waals surface area contributed by atoms with Crippen LogP contribution in [0, 0.1) is 0 Å². The number of hydrogen-bond acceptors (Lipinski definition) is 4. The van der Waals surface area contributed by atoms with E-state index in [0.29, 0.717) is 10.8 Å². The van der Waals surface area contributed by atoms with Gasteiger partial charge in [0.15, 0.2) is 0 Å². The second-order valence-electron chi connectivity index (χ2n) is 4.78. The average molecular weight is 286 g/mol. The van der Waals surface area contributed by atoms with Gasteiger partial charge in [0.1, 0.15) is 17.9 Å². The quantitative estimate of drug-likeness (QED) is 0.685. The SMILES string of the molecule is CC(C)(C)OC(=O)NCC(=O)Oc1ccc(Cl)cc1. The van der Waals surface area contributed by atoms with Crippen LogP contribution in [-0.2, 0) is 9.53 Å². The molecule has 0 saturated heterocycles. The summed E-state index contributed by atoms with van der Waals surface area (Å²) >= 11 is 5.70. The van der Waals surface area contributed by atoms with E-state index < -0.39 is 17.7 Å². The first-order chi connectivity index (χ1) is 8.76. The van der Waals surface area contributed by atoms with Crippen LogP contribution in [0.1, 0.15) is 20.8 Å². The highest BCUT2D eigenvalue weighted by Gasteiger charge is 2.17. The Morgan fingerprint density at radius 3 is 2.32 bits per heavy atom. The summed E-state index contributed by atoms with van der Waals surface area (Å²) in [6.07, 6.45) is -0.666. The monoisotopic (exact) mass is 285 g/mol. The number of alkyl carbamates (subject to hydrolysis) is 1. The standard InChI is InChI=1S/C13H16ClNO4/c1-13(2,3)19-12(17)15-8-11(16)18-10-6-4-9(14)5-7-10/h4-7H,8H2,1-3H3,(H,15,17). The highest BCUT2D eigenvalue weighted by atomic mass is 35.5. The van der Waals surface area contributed by atoms with Gasteiger partial charge < -0.3 is 14.8 Å². The zero-order valence-corrected chi connectivity index (χ0v) is 11.8. The molecule has 5 nitrogen and oxygen atoms in total. The van der Waals surface area contributed by atoms with Gasteiger partial charge in [-0.25, -0.2) is 9.59 Å². The van der Waals surface area contributed by atoms with Crippen molar-refractivity contribution < 1.29 is 19.1 Å². The van der Waals surface area contributed by atoms with Crippen molar-refractivity contribution in [3.63, 3.8) is 0 Å².